The van der Waals surface area contributed by atoms with Crippen molar-refractivity contribution in [2.24, 2.45) is 0 Å². The van der Waals surface area contributed by atoms with Gasteiger partial charge in [-0.25, -0.2) is 0 Å². The minimum absolute atomic E-state index is 0.168. The largest absolute Gasteiger partial charge is 0.508 e. The summed E-state index contributed by atoms with van der Waals surface area (Å²) in [5.41, 5.74) is 6.11. The van der Waals surface area contributed by atoms with E-state index >= 15 is 0 Å². The highest BCUT2D eigenvalue weighted by Gasteiger charge is 2.15. The fourth-order valence-electron chi connectivity index (χ4n) is 3.71. The first-order valence-corrected chi connectivity index (χ1v) is 10.7. The number of benzene rings is 4. The molecule has 168 valence electrons. The fourth-order valence-corrected chi connectivity index (χ4v) is 3.71. The van der Waals surface area contributed by atoms with Crippen LogP contribution in [0, 0.1) is 27.7 Å². The van der Waals surface area contributed by atoms with E-state index in [9.17, 15) is 15.3 Å². The average molecular weight is 442 g/mol. The van der Waals surface area contributed by atoms with Gasteiger partial charge in [-0.15, -0.1) is 0 Å². The SMILES string of the molecule is Cc1cc(N(c2ccc(Oc3cc(O)cc(C)c3C)cc2)c2ccc(O)c(C)c2)ccc1O. The standard InChI is InChI=1S/C28H27NO4/c1-17-15-24(30)16-28(20(17)4)33-25-9-5-21(6-10-25)29(22-7-11-26(31)18(2)13-22)23-8-12-27(32)19(3)14-23/h5-16,30-32H,1-4H3. The summed E-state index contributed by atoms with van der Waals surface area (Å²) in [4.78, 5) is 2.05. The second kappa shape index (κ2) is 8.79. The number of anilines is 3. The number of nitrogens with zero attached hydrogens (tertiary/aromatic N) is 1. The van der Waals surface area contributed by atoms with Crippen molar-refractivity contribution in [3.63, 3.8) is 0 Å². The van der Waals surface area contributed by atoms with Gasteiger partial charge in [-0.1, -0.05) is 0 Å². The van der Waals surface area contributed by atoms with E-state index in [0.29, 0.717) is 11.5 Å². The molecule has 0 heterocycles. The Morgan fingerprint density at radius 1 is 0.576 bits per heavy atom. The second-order valence-electron chi connectivity index (χ2n) is 8.26. The molecule has 0 aromatic heterocycles. The Morgan fingerprint density at radius 2 is 1.09 bits per heavy atom. The summed E-state index contributed by atoms with van der Waals surface area (Å²) in [6, 6.07) is 21.9. The van der Waals surface area contributed by atoms with Crippen LogP contribution >= 0.6 is 0 Å². The number of rotatable bonds is 5. The van der Waals surface area contributed by atoms with Gasteiger partial charge in [-0.05, 0) is 117 Å². The highest BCUT2D eigenvalue weighted by Crippen LogP contribution is 2.39. The van der Waals surface area contributed by atoms with E-state index in [0.717, 1.165) is 39.3 Å². The van der Waals surface area contributed by atoms with Crippen LogP contribution in [0.25, 0.3) is 0 Å². The molecule has 0 spiro atoms. The third-order valence-electron chi connectivity index (χ3n) is 5.80. The maximum absolute atomic E-state index is 10.00. The van der Waals surface area contributed by atoms with E-state index in [-0.39, 0.29) is 17.2 Å². The van der Waals surface area contributed by atoms with Gasteiger partial charge in [-0.3, -0.25) is 0 Å². The van der Waals surface area contributed by atoms with Crippen molar-refractivity contribution < 1.29 is 20.1 Å². The first-order valence-electron chi connectivity index (χ1n) is 10.7. The Balaban J connectivity index is 1.73. The maximum Gasteiger partial charge on any atom is 0.134 e. The third kappa shape index (κ3) is 4.58. The molecular weight excluding hydrogens is 414 g/mol. The molecule has 33 heavy (non-hydrogen) atoms. The van der Waals surface area contributed by atoms with Crippen LogP contribution in [0.1, 0.15) is 22.3 Å². The molecule has 0 amide bonds. The van der Waals surface area contributed by atoms with Gasteiger partial charge in [0.2, 0.25) is 0 Å². The molecule has 5 nitrogen and oxygen atoms in total. The average Bonchev–Trinajstić information content (AvgIpc) is 2.78. The normalized spacial score (nSPS) is 10.8. The Hall–Kier alpha value is -4.12. The monoisotopic (exact) mass is 441 g/mol. The van der Waals surface area contributed by atoms with Crippen molar-refractivity contribution >= 4 is 17.1 Å². The van der Waals surface area contributed by atoms with Gasteiger partial charge < -0.3 is 25.0 Å². The van der Waals surface area contributed by atoms with E-state index in [1.54, 1.807) is 24.3 Å². The topological polar surface area (TPSA) is 73.2 Å². The predicted molar refractivity (Wildman–Crippen MR) is 132 cm³/mol. The van der Waals surface area contributed by atoms with Crippen LogP contribution in [0.5, 0.6) is 28.7 Å². The molecule has 0 unspecified atom stereocenters. The third-order valence-corrected chi connectivity index (χ3v) is 5.80. The predicted octanol–water partition coefficient (Wildman–Crippen LogP) is 7.30. The van der Waals surface area contributed by atoms with Crippen molar-refractivity contribution in [1.82, 2.24) is 0 Å². The van der Waals surface area contributed by atoms with Crippen LogP contribution < -0.4 is 9.64 Å². The molecule has 0 bridgehead atoms. The van der Waals surface area contributed by atoms with Gasteiger partial charge >= 0.3 is 0 Å². The van der Waals surface area contributed by atoms with E-state index in [2.05, 4.69) is 0 Å². The second-order valence-corrected chi connectivity index (χ2v) is 8.26. The Kier molecular flexibility index (Phi) is 5.88. The first kappa shape index (κ1) is 22.1. The van der Waals surface area contributed by atoms with Crippen LogP contribution in [0.3, 0.4) is 0 Å². The Labute approximate surface area is 193 Å². The van der Waals surface area contributed by atoms with E-state index in [1.165, 1.54) is 0 Å². The molecular formula is C28H27NO4. The number of aryl methyl sites for hydroxylation is 3. The number of aromatic hydroxyl groups is 3. The minimum atomic E-state index is 0.168. The molecule has 0 fully saturated rings. The summed E-state index contributed by atoms with van der Waals surface area (Å²) in [6.45, 7) is 7.61. The quantitative estimate of drug-likeness (QED) is 0.303. The summed E-state index contributed by atoms with van der Waals surface area (Å²) in [5, 5.41) is 29.9. The smallest absolute Gasteiger partial charge is 0.134 e. The fraction of sp³-hybridized carbons (Fsp3) is 0.143. The van der Waals surface area contributed by atoms with Gasteiger partial charge in [0.25, 0.3) is 0 Å². The van der Waals surface area contributed by atoms with Crippen LogP contribution in [0.15, 0.2) is 72.8 Å². The molecule has 3 N–H and O–H groups in total. The highest BCUT2D eigenvalue weighted by atomic mass is 16.5. The highest BCUT2D eigenvalue weighted by molar-refractivity contribution is 5.78. The number of hydrogen-bond acceptors (Lipinski definition) is 5. The molecule has 0 aliphatic heterocycles. The lowest BCUT2D eigenvalue weighted by Crippen LogP contribution is -2.10. The van der Waals surface area contributed by atoms with Gasteiger partial charge in [0.15, 0.2) is 0 Å². The van der Waals surface area contributed by atoms with Crippen molar-refractivity contribution in [2.75, 3.05) is 4.90 Å². The van der Waals surface area contributed by atoms with Crippen LogP contribution in [0.4, 0.5) is 17.1 Å². The Morgan fingerprint density at radius 3 is 1.61 bits per heavy atom. The van der Waals surface area contributed by atoms with Crippen LogP contribution in [-0.4, -0.2) is 15.3 Å². The zero-order chi connectivity index (χ0) is 23.7. The van der Waals surface area contributed by atoms with Crippen molar-refractivity contribution in [1.29, 1.82) is 0 Å². The van der Waals surface area contributed by atoms with E-state index in [1.807, 2.05) is 81.1 Å². The van der Waals surface area contributed by atoms with E-state index in [4.69, 9.17) is 4.74 Å². The summed E-state index contributed by atoms with van der Waals surface area (Å²) < 4.78 is 6.04. The van der Waals surface area contributed by atoms with Crippen molar-refractivity contribution in [2.45, 2.75) is 27.7 Å². The van der Waals surface area contributed by atoms with Gasteiger partial charge in [0.05, 0.1) is 0 Å². The number of ether oxygens (including phenoxy) is 1. The molecule has 0 radical (unpaired) electrons. The van der Waals surface area contributed by atoms with Gasteiger partial charge in [0.1, 0.15) is 28.7 Å². The summed E-state index contributed by atoms with van der Waals surface area (Å²) in [7, 11) is 0. The van der Waals surface area contributed by atoms with Gasteiger partial charge in [0, 0.05) is 23.1 Å². The zero-order valence-electron chi connectivity index (χ0n) is 19.1. The summed E-state index contributed by atoms with van der Waals surface area (Å²) >= 11 is 0. The lowest BCUT2D eigenvalue weighted by Gasteiger charge is -2.26. The van der Waals surface area contributed by atoms with E-state index < -0.39 is 0 Å². The van der Waals surface area contributed by atoms with Crippen LogP contribution in [-0.2, 0) is 0 Å². The molecule has 0 aliphatic rings. The Bertz CT molecular complexity index is 1260. The molecule has 0 saturated carbocycles. The molecule has 5 heteroatoms. The number of hydrogen-bond donors (Lipinski definition) is 3. The zero-order valence-corrected chi connectivity index (χ0v) is 19.1. The molecule has 4 aromatic carbocycles. The molecule has 0 saturated heterocycles. The number of phenols is 3. The molecule has 0 atom stereocenters. The maximum atomic E-state index is 10.00. The first-order chi connectivity index (χ1) is 15.7. The molecule has 4 aromatic rings. The lowest BCUT2D eigenvalue weighted by molar-refractivity contribution is 0.452. The lowest BCUT2D eigenvalue weighted by atomic mass is 10.1. The minimum Gasteiger partial charge on any atom is -0.508 e. The molecule has 4 rings (SSSR count). The van der Waals surface area contributed by atoms with Crippen LogP contribution in [0.2, 0.25) is 0 Å². The summed E-state index contributed by atoms with van der Waals surface area (Å²) in [6.07, 6.45) is 0. The van der Waals surface area contributed by atoms with Gasteiger partial charge in [-0.2, -0.15) is 0 Å². The molecule has 0 aliphatic carbocycles. The van der Waals surface area contributed by atoms with Crippen molar-refractivity contribution in [3.8, 4) is 28.7 Å². The number of phenolic OH excluding ortho intramolecular Hbond substituents is 3. The summed E-state index contributed by atoms with van der Waals surface area (Å²) in [5.74, 6) is 1.90. The van der Waals surface area contributed by atoms with Crippen molar-refractivity contribution in [3.05, 3.63) is 95.1 Å².